The molecule has 0 spiro atoms. The van der Waals surface area contributed by atoms with Crippen LogP contribution in [0.5, 0.6) is 0 Å². The van der Waals surface area contributed by atoms with E-state index in [0.29, 0.717) is 6.61 Å². The summed E-state index contributed by atoms with van der Waals surface area (Å²) in [7, 11) is 0. The van der Waals surface area contributed by atoms with Gasteiger partial charge in [0.05, 0.1) is 18.7 Å². The fourth-order valence-corrected chi connectivity index (χ4v) is 1.62. The van der Waals surface area contributed by atoms with E-state index in [1.54, 1.807) is 0 Å². The van der Waals surface area contributed by atoms with E-state index < -0.39 is 18.1 Å². The first kappa shape index (κ1) is 13.7. The summed E-state index contributed by atoms with van der Waals surface area (Å²) in [6.07, 6.45) is 0.304. The molecule has 3 atom stereocenters. The molecule has 2 amide bonds. The zero-order chi connectivity index (χ0) is 12.8. The van der Waals surface area contributed by atoms with Crippen LogP contribution in [0.15, 0.2) is 0 Å². The van der Waals surface area contributed by atoms with Crippen molar-refractivity contribution in [3.8, 4) is 0 Å². The molecule has 0 saturated carbocycles. The van der Waals surface area contributed by atoms with E-state index in [-0.39, 0.29) is 18.7 Å². The van der Waals surface area contributed by atoms with Crippen molar-refractivity contribution in [3.63, 3.8) is 0 Å². The van der Waals surface area contributed by atoms with Crippen LogP contribution in [0.3, 0.4) is 0 Å². The molecule has 0 aliphatic carbocycles. The molecule has 1 aliphatic rings. The zero-order valence-corrected chi connectivity index (χ0v) is 9.68. The summed E-state index contributed by atoms with van der Waals surface area (Å²) in [4.78, 5) is 21.7. The quantitative estimate of drug-likeness (QED) is 0.513. The molecule has 4 N–H and O–H groups in total. The Morgan fingerprint density at radius 1 is 1.53 bits per heavy atom. The zero-order valence-electron chi connectivity index (χ0n) is 9.68. The summed E-state index contributed by atoms with van der Waals surface area (Å²) in [5.74, 6) is -1.36. The second kappa shape index (κ2) is 6.41. The normalized spacial score (nSPS) is 22.8. The van der Waals surface area contributed by atoms with Gasteiger partial charge in [0.15, 0.2) is 6.10 Å². The SMILES string of the molecule is CC(NC(=O)NCC(O)C(=O)O)C1CCCO1. The van der Waals surface area contributed by atoms with Crippen LogP contribution in [0, 0.1) is 0 Å². The monoisotopic (exact) mass is 246 g/mol. The van der Waals surface area contributed by atoms with Gasteiger partial charge in [-0.25, -0.2) is 9.59 Å². The lowest BCUT2D eigenvalue weighted by Gasteiger charge is -2.20. The summed E-state index contributed by atoms with van der Waals surface area (Å²) in [6.45, 7) is 2.21. The summed E-state index contributed by atoms with van der Waals surface area (Å²) in [5, 5.41) is 22.3. The van der Waals surface area contributed by atoms with E-state index in [4.69, 9.17) is 14.9 Å². The number of aliphatic hydroxyl groups excluding tert-OH is 1. The van der Waals surface area contributed by atoms with Gasteiger partial charge in [-0.2, -0.15) is 0 Å². The van der Waals surface area contributed by atoms with Crippen molar-refractivity contribution < 1.29 is 24.5 Å². The molecular weight excluding hydrogens is 228 g/mol. The number of aliphatic hydroxyl groups is 1. The molecule has 0 aromatic heterocycles. The average molecular weight is 246 g/mol. The van der Waals surface area contributed by atoms with Gasteiger partial charge in [-0.1, -0.05) is 0 Å². The number of rotatable bonds is 5. The third kappa shape index (κ3) is 4.58. The second-order valence-corrected chi connectivity index (χ2v) is 4.05. The number of carboxylic acid groups (broad SMARTS) is 1. The highest BCUT2D eigenvalue weighted by Crippen LogP contribution is 2.15. The van der Waals surface area contributed by atoms with Gasteiger partial charge in [0, 0.05) is 6.61 Å². The van der Waals surface area contributed by atoms with Crippen LogP contribution >= 0.6 is 0 Å². The van der Waals surface area contributed by atoms with E-state index in [0.717, 1.165) is 12.8 Å². The Labute approximate surface area is 99.1 Å². The molecule has 1 saturated heterocycles. The smallest absolute Gasteiger partial charge is 0.334 e. The van der Waals surface area contributed by atoms with Crippen molar-refractivity contribution in [2.75, 3.05) is 13.2 Å². The number of aliphatic carboxylic acids is 1. The molecule has 7 heteroatoms. The summed E-state index contributed by atoms with van der Waals surface area (Å²) < 4.78 is 5.39. The molecule has 1 aliphatic heterocycles. The molecule has 17 heavy (non-hydrogen) atoms. The predicted octanol–water partition coefficient (Wildman–Crippen LogP) is -0.701. The fourth-order valence-electron chi connectivity index (χ4n) is 1.62. The number of carboxylic acids is 1. The van der Waals surface area contributed by atoms with Crippen LogP contribution in [0.25, 0.3) is 0 Å². The Hall–Kier alpha value is -1.34. The topological polar surface area (TPSA) is 108 Å². The van der Waals surface area contributed by atoms with Gasteiger partial charge in [-0.3, -0.25) is 0 Å². The van der Waals surface area contributed by atoms with Gasteiger partial charge in [-0.15, -0.1) is 0 Å². The number of nitrogens with one attached hydrogen (secondary N) is 2. The highest BCUT2D eigenvalue weighted by Gasteiger charge is 2.24. The number of urea groups is 1. The maximum atomic E-state index is 11.4. The lowest BCUT2D eigenvalue weighted by molar-refractivity contribution is -0.146. The van der Waals surface area contributed by atoms with Crippen LogP contribution < -0.4 is 10.6 Å². The van der Waals surface area contributed by atoms with E-state index in [1.807, 2.05) is 6.92 Å². The van der Waals surface area contributed by atoms with E-state index in [1.165, 1.54) is 0 Å². The number of amides is 2. The molecule has 0 radical (unpaired) electrons. The van der Waals surface area contributed by atoms with Crippen molar-refractivity contribution in [2.45, 2.75) is 38.0 Å². The minimum absolute atomic E-state index is 0.00477. The van der Waals surface area contributed by atoms with E-state index in [9.17, 15) is 9.59 Å². The van der Waals surface area contributed by atoms with Gasteiger partial charge >= 0.3 is 12.0 Å². The molecule has 1 heterocycles. The molecule has 7 nitrogen and oxygen atoms in total. The first-order chi connectivity index (χ1) is 8.00. The van der Waals surface area contributed by atoms with Gasteiger partial charge in [0.2, 0.25) is 0 Å². The highest BCUT2D eigenvalue weighted by molar-refractivity contribution is 5.76. The van der Waals surface area contributed by atoms with Crippen molar-refractivity contribution in [1.82, 2.24) is 10.6 Å². The third-order valence-electron chi connectivity index (χ3n) is 2.62. The highest BCUT2D eigenvalue weighted by atomic mass is 16.5. The van der Waals surface area contributed by atoms with Crippen LogP contribution in [0.4, 0.5) is 4.79 Å². The molecular formula is C10H18N2O5. The van der Waals surface area contributed by atoms with Gasteiger partial charge in [0.25, 0.3) is 0 Å². The second-order valence-electron chi connectivity index (χ2n) is 4.05. The van der Waals surface area contributed by atoms with Gasteiger partial charge in [-0.05, 0) is 19.8 Å². The summed E-state index contributed by atoms with van der Waals surface area (Å²) >= 11 is 0. The van der Waals surface area contributed by atoms with E-state index >= 15 is 0 Å². The number of carbonyl (C=O) groups excluding carboxylic acids is 1. The van der Waals surface area contributed by atoms with Crippen molar-refractivity contribution in [1.29, 1.82) is 0 Å². The Balaban J connectivity index is 2.22. The lowest BCUT2D eigenvalue weighted by atomic mass is 10.1. The summed E-state index contributed by atoms with van der Waals surface area (Å²) in [5.41, 5.74) is 0. The molecule has 1 fully saturated rings. The largest absolute Gasteiger partial charge is 0.479 e. The van der Waals surface area contributed by atoms with Crippen LogP contribution in [0.1, 0.15) is 19.8 Å². The lowest BCUT2D eigenvalue weighted by Crippen LogP contribution is -2.48. The molecule has 1 rings (SSSR count). The Morgan fingerprint density at radius 2 is 2.24 bits per heavy atom. The van der Waals surface area contributed by atoms with E-state index in [2.05, 4.69) is 10.6 Å². The minimum atomic E-state index is -1.58. The molecule has 0 aromatic carbocycles. The molecule has 0 aromatic rings. The summed E-state index contributed by atoms with van der Waals surface area (Å²) in [6, 6.07) is -0.646. The average Bonchev–Trinajstić information content (AvgIpc) is 2.78. The Bertz CT molecular complexity index is 278. The van der Waals surface area contributed by atoms with Crippen molar-refractivity contribution >= 4 is 12.0 Å². The Morgan fingerprint density at radius 3 is 2.76 bits per heavy atom. The van der Waals surface area contributed by atoms with Gasteiger partial charge < -0.3 is 25.6 Å². The van der Waals surface area contributed by atoms with Crippen LogP contribution in [0.2, 0.25) is 0 Å². The number of carbonyl (C=O) groups is 2. The van der Waals surface area contributed by atoms with Crippen molar-refractivity contribution in [2.24, 2.45) is 0 Å². The first-order valence-electron chi connectivity index (χ1n) is 5.57. The third-order valence-corrected chi connectivity index (χ3v) is 2.62. The van der Waals surface area contributed by atoms with Crippen molar-refractivity contribution in [3.05, 3.63) is 0 Å². The molecule has 0 bridgehead atoms. The standard InChI is InChI=1S/C10H18N2O5/c1-6(8-3-2-4-17-8)12-10(16)11-5-7(13)9(14)15/h6-8,13H,2-5H2,1H3,(H,14,15)(H2,11,12,16). The maximum Gasteiger partial charge on any atom is 0.334 e. The maximum absolute atomic E-state index is 11.4. The number of hydrogen-bond acceptors (Lipinski definition) is 4. The fraction of sp³-hybridized carbons (Fsp3) is 0.800. The molecule has 3 unspecified atom stereocenters. The molecule has 98 valence electrons. The number of ether oxygens (including phenoxy) is 1. The minimum Gasteiger partial charge on any atom is -0.479 e. The predicted molar refractivity (Wildman–Crippen MR) is 58.6 cm³/mol. The van der Waals surface area contributed by atoms with Crippen LogP contribution in [-0.4, -0.2) is 53.6 Å². The Kier molecular flexibility index (Phi) is 5.17. The first-order valence-corrected chi connectivity index (χ1v) is 5.57. The van der Waals surface area contributed by atoms with Gasteiger partial charge in [0.1, 0.15) is 0 Å². The van der Waals surface area contributed by atoms with Crippen LogP contribution in [-0.2, 0) is 9.53 Å². The number of hydrogen-bond donors (Lipinski definition) is 4.